The second-order valence-electron chi connectivity index (χ2n) is 4.20. The number of anilines is 1. The first-order valence-electron chi connectivity index (χ1n) is 6.29. The van der Waals surface area contributed by atoms with Gasteiger partial charge in [-0.3, -0.25) is 0 Å². The second kappa shape index (κ2) is 9.02. The molecule has 0 aliphatic heterocycles. The predicted octanol–water partition coefficient (Wildman–Crippen LogP) is 2.80. The lowest BCUT2D eigenvalue weighted by molar-refractivity contribution is 0.185. The molecule has 0 aliphatic carbocycles. The Morgan fingerprint density at radius 2 is 2.00 bits per heavy atom. The van der Waals surface area contributed by atoms with Crippen LogP contribution < -0.4 is 5.32 Å². The minimum Gasteiger partial charge on any atom is -0.396 e. The van der Waals surface area contributed by atoms with E-state index >= 15 is 0 Å². The molecule has 2 N–H and O–H groups in total. The Bertz CT molecular complexity index is 302. The molecule has 0 atom stereocenters. The topological polar surface area (TPSA) is 41.5 Å². The number of ether oxygens (including phenoxy) is 1. The molecule has 96 valence electrons. The monoisotopic (exact) mass is 237 g/mol. The van der Waals surface area contributed by atoms with Gasteiger partial charge in [0.25, 0.3) is 0 Å². The Labute approximate surface area is 104 Å². The summed E-state index contributed by atoms with van der Waals surface area (Å²) in [7, 11) is 1.71. The second-order valence-corrected chi connectivity index (χ2v) is 4.20. The molecule has 0 heterocycles. The molecule has 0 bridgehead atoms. The Hall–Kier alpha value is -1.06. The van der Waals surface area contributed by atoms with Crippen LogP contribution in [-0.4, -0.2) is 25.4 Å². The summed E-state index contributed by atoms with van der Waals surface area (Å²) >= 11 is 0. The zero-order chi connectivity index (χ0) is 12.3. The molecule has 1 aromatic carbocycles. The van der Waals surface area contributed by atoms with Crippen LogP contribution in [0.15, 0.2) is 24.3 Å². The van der Waals surface area contributed by atoms with E-state index in [9.17, 15) is 0 Å². The van der Waals surface area contributed by atoms with Crippen LogP contribution in [0.5, 0.6) is 0 Å². The zero-order valence-electron chi connectivity index (χ0n) is 10.6. The maximum atomic E-state index is 8.65. The molecular formula is C14H23NO2. The zero-order valence-corrected chi connectivity index (χ0v) is 10.6. The van der Waals surface area contributed by atoms with Crippen LogP contribution in [0.1, 0.15) is 31.2 Å². The van der Waals surface area contributed by atoms with Crippen molar-refractivity contribution in [1.29, 1.82) is 0 Å². The minimum absolute atomic E-state index is 0.312. The number of benzene rings is 1. The van der Waals surface area contributed by atoms with Gasteiger partial charge in [-0.1, -0.05) is 25.0 Å². The van der Waals surface area contributed by atoms with Gasteiger partial charge in [0, 0.05) is 25.9 Å². The Morgan fingerprint density at radius 3 is 2.76 bits per heavy atom. The molecule has 17 heavy (non-hydrogen) atoms. The highest BCUT2D eigenvalue weighted by Gasteiger charge is 1.95. The first-order valence-corrected chi connectivity index (χ1v) is 6.29. The molecule has 0 aliphatic rings. The Balaban J connectivity index is 2.19. The standard InChI is InChI=1S/C14H23NO2/c1-17-12-13-7-6-8-14(11-13)15-9-4-2-3-5-10-16/h6-8,11,15-16H,2-5,9-10,12H2,1H3. The van der Waals surface area contributed by atoms with Crippen molar-refractivity contribution in [3.63, 3.8) is 0 Å². The summed E-state index contributed by atoms with van der Waals surface area (Å²) < 4.78 is 5.10. The van der Waals surface area contributed by atoms with Crippen LogP contribution in [0.3, 0.4) is 0 Å². The van der Waals surface area contributed by atoms with E-state index in [2.05, 4.69) is 23.5 Å². The Morgan fingerprint density at radius 1 is 1.18 bits per heavy atom. The number of hydrogen-bond acceptors (Lipinski definition) is 3. The molecule has 3 nitrogen and oxygen atoms in total. The van der Waals surface area contributed by atoms with Crippen LogP contribution in [0, 0.1) is 0 Å². The van der Waals surface area contributed by atoms with Crippen molar-refractivity contribution in [2.75, 3.05) is 25.6 Å². The van der Waals surface area contributed by atoms with Gasteiger partial charge >= 0.3 is 0 Å². The molecule has 0 aromatic heterocycles. The van der Waals surface area contributed by atoms with Crippen molar-refractivity contribution in [3.8, 4) is 0 Å². The van der Waals surface area contributed by atoms with Crippen molar-refractivity contribution >= 4 is 5.69 Å². The lowest BCUT2D eigenvalue weighted by Gasteiger charge is -2.08. The van der Waals surface area contributed by atoms with Crippen molar-refractivity contribution in [3.05, 3.63) is 29.8 Å². The summed E-state index contributed by atoms with van der Waals surface area (Å²) in [5.74, 6) is 0. The van der Waals surface area contributed by atoms with Crippen LogP contribution in [-0.2, 0) is 11.3 Å². The number of aliphatic hydroxyl groups is 1. The van der Waals surface area contributed by atoms with E-state index < -0.39 is 0 Å². The third-order valence-corrected chi connectivity index (χ3v) is 2.65. The largest absolute Gasteiger partial charge is 0.396 e. The molecule has 0 fully saturated rings. The summed E-state index contributed by atoms with van der Waals surface area (Å²) in [5.41, 5.74) is 2.35. The van der Waals surface area contributed by atoms with Crippen LogP contribution >= 0.6 is 0 Å². The highest BCUT2D eigenvalue weighted by molar-refractivity contribution is 5.45. The van der Waals surface area contributed by atoms with Crippen molar-refractivity contribution in [2.45, 2.75) is 32.3 Å². The average molecular weight is 237 g/mol. The van der Waals surface area contributed by atoms with Crippen LogP contribution in [0.2, 0.25) is 0 Å². The number of nitrogens with one attached hydrogen (secondary N) is 1. The normalized spacial score (nSPS) is 10.5. The van der Waals surface area contributed by atoms with Gasteiger partial charge in [0.1, 0.15) is 0 Å². The van der Waals surface area contributed by atoms with Gasteiger partial charge in [0.05, 0.1) is 6.61 Å². The van der Waals surface area contributed by atoms with Gasteiger partial charge in [-0.2, -0.15) is 0 Å². The lowest BCUT2D eigenvalue weighted by Crippen LogP contribution is -2.02. The van der Waals surface area contributed by atoms with E-state index in [1.54, 1.807) is 7.11 Å². The fourth-order valence-corrected chi connectivity index (χ4v) is 1.76. The van der Waals surface area contributed by atoms with E-state index in [-0.39, 0.29) is 0 Å². The van der Waals surface area contributed by atoms with E-state index in [1.165, 1.54) is 12.0 Å². The number of hydrogen-bond donors (Lipinski definition) is 2. The summed E-state index contributed by atoms with van der Waals surface area (Å²) in [4.78, 5) is 0. The molecule has 0 unspecified atom stereocenters. The maximum absolute atomic E-state index is 8.65. The molecule has 1 aromatic rings. The molecule has 0 spiro atoms. The van der Waals surface area contributed by atoms with Crippen LogP contribution in [0.25, 0.3) is 0 Å². The number of methoxy groups -OCH3 is 1. The number of rotatable bonds is 9. The third-order valence-electron chi connectivity index (χ3n) is 2.65. The molecule has 0 saturated heterocycles. The third kappa shape index (κ3) is 6.29. The maximum Gasteiger partial charge on any atom is 0.0713 e. The number of aliphatic hydroxyl groups excluding tert-OH is 1. The van der Waals surface area contributed by atoms with Gasteiger partial charge in [-0.25, -0.2) is 0 Å². The highest BCUT2D eigenvalue weighted by Crippen LogP contribution is 2.11. The molecule has 0 saturated carbocycles. The summed E-state index contributed by atoms with van der Waals surface area (Å²) in [6.07, 6.45) is 4.35. The number of unbranched alkanes of at least 4 members (excludes halogenated alkanes) is 3. The van der Waals surface area contributed by atoms with E-state index in [4.69, 9.17) is 9.84 Å². The fourth-order valence-electron chi connectivity index (χ4n) is 1.76. The smallest absolute Gasteiger partial charge is 0.0713 e. The van der Waals surface area contributed by atoms with Crippen molar-refractivity contribution < 1.29 is 9.84 Å². The lowest BCUT2D eigenvalue weighted by atomic mass is 10.2. The SMILES string of the molecule is COCc1cccc(NCCCCCCO)c1. The van der Waals surface area contributed by atoms with Gasteiger partial charge in [0.15, 0.2) is 0 Å². The van der Waals surface area contributed by atoms with Gasteiger partial charge in [-0.05, 0) is 30.5 Å². The predicted molar refractivity (Wildman–Crippen MR) is 71.2 cm³/mol. The molecule has 0 radical (unpaired) electrons. The van der Waals surface area contributed by atoms with Gasteiger partial charge in [-0.15, -0.1) is 0 Å². The molecular weight excluding hydrogens is 214 g/mol. The highest BCUT2D eigenvalue weighted by atomic mass is 16.5. The molecule has 3 heteroatoms. The van der Waals surface area contributed by atoms with Gasteiger partial charge < -0.3 is 15.2 Å². The van der Waals surface area contributed by atoms with E-state index in [0.29, 0.717) is 13.2 Å². The van der Waals surface area contributed by atoms with Crippen molar-refractivity contribution in [1.82, 2.24) is 0 Å². The first kappa shape index (κ1) is 14.0. The van der Waals surface area contributed by atoms with E-state index in [1.807, 2.05) is 6.07 Å². The Kier molecular flexibility index (Phi) is 7.43. The van der Waals surface area contributed by atoms with E-state index in [0.717, 1.165) is 31.5 Å². The molecule has 0 amide bonds. The van der Waals surface area contributed by atoms with Crippen molar-refractivity contribution in [2.24, 2.45) is 0 Å². The summed E-state index contributed by atoms with van der Waals surface area (Å²) in [6.45, 7) is 1.96. The summed E-state index contributed by atoms with van der Waals surface area (Å²) in [5, 5.41) is 12.1. The van der Waals surface area contributed by atoms with Crippen LogP contribution in [0.4, 0.5) is 5.69 Å². The first-order chi connectivity index (χ1) is 8.36. The quantitative estimate of drug-likeness (QED) is 0.649. The average Bonchev–Trinajstić information content (AvgIpc) is 2.35. The minimum atomic E-state index is 0.312. The van der Waals surface area contributed by atoms with Gasteiger partial charge in [0.2, 0.25) is 0 Å². The molecule has 1 rings (SSSR count). The fraction of sp³-hybridized carbons (Fsp3) is 0.571. The summed E-state index contributed by atoms with van der Waals surface area (Å²) in [6, 6.07) is 8.31.